The van der Waals surface area contributed by atoms with Crippen molar-refractivity contribution < 1.29 is 27.5 Å². The van der Waals surface area contributed by atoms with E-state index in [-0.39, 0.29) is 23.9 Å². The molecule has 0 radical (unpaired) electrons. The number of benzene rings is 2. The number of carbonyl (C=O) groups is 2. The van der Waals surface area contributed by atoms with Gasteiger partial charge in [0.2, 0.25) is 21.8 Å². The summed E-state index contributed by atoms with van der Waals surface area (Å²) < 4.78 is 37.1. The minimum absolute atomic E-state index is 0.147. The zero-order valence-electron chi connectivity index (χ0n) is 21.2. The van der Waals surface area contributed by atoms with Crippen molar-refractivity contribution >= 4 is 27.5 Å². The highest BCUT2D eigenvalue weighted by atomic mass is 32.2. The Balaban J connectivity index is 2.47. The predicted octanol–water partition coefficient (Wildman–Crippen LogP) is 2.72. The van der Waals surface area contributed by atoms with Crippen LogP contribution < -0.4 is 19.1 Å². The first-order chi connectivity index (χ1) is 16.5. The number of anilines is 1. The van der Waals surface area contributed by atoms with Gasteiger partial charge < -0.3 is 19.7 Å². The average molecular weight is 506 g/mol. The van der Waals surface area contributed by atoms with E-state index in [4.69, 9.17) is 9.47 Å². The molecule has 2 aromatic carbocycles. The highest BCUT2D eigenvalue weighted by Crippen LogP contribution is 2.34. The number of nitrogens with zero attached hydrogens (tertiary/aromatic N) is 2. The molecule has 0 spiro atoms. The summed E-state index contributed by atoms with van der Waals surface area (Å²) in [4.78, 5) is 27.8. The van der Waals surface area contributed by atoms with Crippen LogP contribution in [0.2, 0.25) is 0 Å². The molecule has 192 valence electrons. The van der Waals surface area contributed by atoms with Crippen molar-refractivity contribution in [3.8, 4) is 11.5 Å². The SMILES string of the molecule is CCCNC(=O)[C@H](C)N(Cc1cccc(C)c1)C(=O)CN(c1cc(OC)ccc1OC)S(C)(=O)=O. The van der Waals surface area contributed by atoms with Crippen molar-refractivity contribution in [1.29, 1.82) is 0 Å². The molecule has 2 rings (SSSR count). The first-order valence-electron chi connectivity index (χ1n) is 11.3. The number of hydrogen-bond acceptors (Lipinski definition) is 6. The van der Waals surface area contributed by atoms with Crippen molar-refractivity contribution in [3.63, 3.8) is 0 Å². The lowest BCUT2D eigenvalue weighted by molar-refractivity contribution is -0.139. The van der Waals surface area contributed by atoms with Crippen LogP contribution in [-0.2, 0) is 26.2 Å². The van der Waals surface area contributed by atoms with E-state index in [1.54, 1.807) is 19.1 Å². The monoisotopic (exact) mass is 505 g/mol. The molecule has 0 bridgehead atoms. The lowest BCUT2D eigenvalue weighted by Gasteiger charge is -2.32. The number of hydrogen-bond donors (Lipinski definition) is 1. The van der Waals surface area contributed by atoms with Gasteiger partial charge in [0.05, 0.1) is 26.2 Å². The molecule has 0 saturated carbocycles. The minimum atomic E-state index is -3.89. The number of ether oxygens (including phenoxy) is 2. The van der Waals surface area contributed by atoms with Crippen LogP contribution in [0.4, 0.5) is 5.69 Å². The van der Waals surface area contributed by atoms with E-state index in [9.17, 15) is 18.0 Å². The smallest absolute Gasteiger partial charge is 0.244 e. The van der Waals surface area contributed by atoms with E-state index in [2.05, 4.69) is 5.32 Å². The number of sulfonamides is 1. The van der Waals surface area contributed by atoms with Crippen LogP contribution in [0.1, 0.15) is 31.4 Å². The van der Waals surface area contributed by atoms with Crippen LogP contribution in [0, 0.1) is 6.92 Å². The summed E-state index contributed by atoms with van der Waals surface area (Å²) in [6, 6.07) is 11.5. The third-order valence-corrected chi connectivity index (χ3v) is 6.61. The molecule has 2 amide bonds. The van der Waals surface area contributed by atoms with Gasteiger partial charge in [-0.15, -0.1) is 0 Å². The van der Waals surface area contributed by atoms with Gasteiger partial charge in [-0.25, -0.2) is 8.42 Å². The summed E-state index contributed by atoms with van der Waals surface area (Å²) in [6.07, 6.45) is 1.77. The highest BCUT2D eigenvalue weighted by Gasteiger charge is 2.31. The average Bonchev–Trinajstić information content (AvgIpc) is 2.82. The topological polar surface area (TPSA) is 105 Å². The first-order valence-corrected chi connectivity index (χ1v) is 13.2. The normalized spacial score (nSPS) is 11.9. The lowest BCUT2D eigenvalue weighted by Crippen LogP contribution is -2.51. The van der Waals surface area contributed by atoms with Gasteiger partial charge in [0, 0.05) is 19.2 Å². The molecule has 10 heteroatoms. The largest absolute Gasteiger partial charge is 0.497 e. The van der Waals surface area contributed by atoms with Crippen molar-refractivity contribution in [1.82, 2.24) is 10.2 Å². The Kier molecular flexibility index (Phi) is 9.94. The minimum Gasteiger partial charge on any atom is -0.497 e. The maximum atomic E-state index is 13.6. The maximum absolute atomic E-state index is 13.6. The molecule has 1 atom stereocenters. The number of nitrogens with one attached hydrogen (secondary N) is 1. The first kappa shape index (κ1) is 28.0. The molecule has 9 nitrogen and oxygen atoms in total. The van der Waals surface area contributed by atoms with Crippen molar-refractivity contribution in [2.45, 2.75) is 39.8 Å². The summed E-state index contributed by atoms with van der Waals surface area (Å²) in [7, 11) is -1.02. The number of carbonyl (C=O) groups excluding carboxylic acids is 2. The van der Waals surface area contributed by atoms with Crippen LogP contribution in [0.3, 0.4) is 0 Å². The number of aryl methyl sites for hydroxylation is 1. The molecule has 0 unspecified atom stereocenters. The molecule has 0 aliphatic rings. The molecule has 0 heterocycles. The van der Waals surface area contributed by atoms with Gasteiger partial charge in [0.15, 0.2) is 0 Å². The van der Waals surface area contributed by atoms with E-state index in [1.807, 2.05) is 38.1 Å². The van der Waals surface area contributed by atoms with Crippen LogP contribution in [-0.4, -0.2) is 64.7 Å². The second-order valence-electron chi connectivity index (χ2n) is 8.29. The Morgan fingerprint density at radius 3 is 2.37 bits per heavy atom. The third-order valence-electron chi connectivity index (χ3n) is 5.49. The van der Waals surface area contributed by atoms with E-state index in [0.29, 0.717) is 12.3 Å². The highest BCUT2D eigenvalue weighted by molar-refractivity contribution is 7.92. The second-order valence-corrected chi connectivity index (χ2v) is 10.2. The summed E-state index contributed by atoms with van der Waals surface area (Å²) in [6.45, 7) is 5.62. The zero-order chi connectivity index (χ0) is 26.2. The van der Waals surface area contributed by atoms with E-state index < -0.39 is 28.5 Å². The fraction of sp³-hybridized carbons (Fsp3) is 0.440. The zero-order valence-corrected chi connectivity index (χ0v) is 22.0. The molecular weight excluding hydrogens is 470 g/mol. The van der Waals surface area contributed by atoms with Gasteiger partial charge in [0.25, 0.3) is 0 Å². The Morgan fingerprint density at radius 1 is 1.09 bits per heavy atom. The molecule has 0 aromatic heterocycles. The van der Waals surface area contributed by atoms with Gasteiger partial charge in [-0.2, -0.15) is 0 Å². The molecule has 35 heavy (non-hydrogen) atoms. The van der Waals surface area contributed by atoms with Crippen LogP contribution in [0.25, 0.3) is 0 Å². The molecule has 1 N–H and O–H groups in total. The molecule has 0 aliphatic carbocycles. The van der Waals surface area contributed by atoms with E-state index in [1.165, 1.54) is 25.2 Å². The lowest BCUT2D eigenvalue weighted by atomic mass is 10.1. The molecule has 0 aliphatic heterocycles. The fourth-order valence-corrected chi connectivity index (χ4v) is 4.42. The Hall–Kier alpha value is -3.27. The van der Waals surface area contributed by atoms with Gasteiger partial charge in [-0.05, 0) is 38.0 Å². The standard InChI is InChI=1S/C25H35N3O6S/c1-7-13-26-25(30)19(3)27(16-20-10-8-9-18(2)14-20)24(29)17-28(35(6,31)32)22-15-21(33-4)11-12-23(22)34-5/h8-12,14-15,19H,7,13,16-17H2,1-6H3,(H,26,30)/t19-/m0/s1. The quantitative estimate of drug-likeness (QED) is 0.476. The molecule has 2 aromatic rings. The maximum Gasteiger partial charge on any atom is 0.244 e. The Bertz CT molecular complexity index is 1140. The van der Waals surface area contributed by atoms with E-state index >= 15 is 0 Å². The van der Waals surface area contributed by atoms with Gasteiger partial charge >= 0.3 is 0 Å². The van der Waals surface area contributed by atoms with Crippen molar-refractivity contribution in [3.05, 3.63) is 53.6 Å². The van der Waals surface area contributed by atoms with Crippen LogP contribution >= 0.6 is 0 Å². The van der Waals surface area contributed by atoms with Crippen molar-refractivity contribution in [2.24, 2.45) is 0 Å². The summed E-state index contributed by atoms with van der Waals surface area (Å²) in [5, 5.41) is 2.81. The fourth-order valence-electron chi connectivity index (χ4n) is 3.57. The molecule has 0 saturated heterocycles. The van der Waals surface area contributed by atoms with Crippen LogP contribution in [0.5, 0.6) is 11.5 Å². The second kappa shape index (κ2) is 12.4. The number of amides is 2. The summed E-state index contributed by atoms with van der Waals surface area (Å²) in [5.74, 6) is -0.160. The Labute approximate surface area is 208 Å². The van der Waals surface area contributed by atoms with Gasteiger partial charge in [0.1, 0.15) is 24.1 Å². The van der Waals surface area contributed by atoms with Crippen molar-refractivity contribution in [2.75, 3.05) is 37.9 Å². The molecular formula is C25H35N3O6S. The number of rotatable bonds is 12. The van der Waals surface area contributed by atoms with Gasteiger partial charge in [-0.1, -0.05) is 36.8 Å². The Morgan fingerprint density at radius 2 is 1.80 bits per heavy atom. The number of methoxy groups -OCH3 is 2. The molecule has 0 fully saturated rings. The van der Waals surface area contributed by atoms with E-state index in [0.717, 1.165) is 28.1 Å². The predicted molar refractivity (Wildman–Crippen MR) is 136 cm³/mol. The van der Waals surface area contributed by atoms with Crippen LogP contribution in [0.15, 0.2) is 42.5 Å². The summed E-state index contributed by atoms with van der Waals surface area (Å²) >= 11 is 0. The summed E-state index contributed by atoms with van der Waals surface area (Å²) in [5.41, 5.74) is 2.01. The van der Waals surface area contributed by atoms with Gasteiger partial charge in [-0.3, -0.25) is 13.9 Å². The third kappa shape index (κ3) is 7.61.